The second-order valence-corrected chi connectivity index (χ2v) is 5.37. The molecule has 0 aliphatic carbocycles. The molecule has 0 bridgehead atoms. The molecule has 2 aromatic rings. The van der Waals surface area contributed by atoms with E-state index in [0.717, 1.165) is 11.6 Å². The highest BCUT2D eigenvalue weighted by Gasteiger charge is 2.37. The normalized spacial score (nSPS) is 16.7. The lowest BCUT2D eigenvalue weighted by Crippen LogP contribution is -2.19. The number of rotatable bonds is 3. The summed E-state index contributed by atoms with van der Waals surface area (Å²) in [4.78, 5) is 0. The van der Waals surface area contributed by atoms with E-state index in [1.807, 2.05) is 13.8 Å². The first-order valence-corrected chi connectivity index (χ1v) is 7.16. The van der Waals surface area contributed by atoms with Crippen molar-refractivity contribution in [2.45, 2.75) is 32.5 Å². The lowest BCUT2D eigenvalue weighted by molar-refractivity contribution is -0.141. The van der Waals surface area contributed by atoms with Crippen molar-refractivity contribution < 1.29 is 17.9 Å². The monoisotopic (exact) mass is 324 g/mol. The lowest BCUT2D eigenvalue weighted by Gasteiger charge is -2.25. The highest BCUT2D eigenvalue weighted by Crippen LogP contribution is 2.40. The zero-order valence-corrected chi connectivity index (χ0v) is 12.7. The summed E-state index contributed by atoms with van der Waals surface area (Å²) in [6, 6.07) is 1.04. The molecule has 0 aromatic carbocycles. The van der Waals surface area contributed by atoms with E-state index in [1.54, 1.807) is 0 Å². The number of ether oxygens (including phenoxy) is 1. The van der Waals surface area contributed by atoms with Crippen LogP contribution in [0.25, 0.3) is 17.0 Å². The predicted octanol–water partition coefficient (Wildman–Crippen LogP) is 3.48. The molecule has 1 aliphatic rings. The van der Waals surface area contributed by atoms with E-state index in [-0.39, 0.29) is 5.92 Å². The van der Waals surface area contributed by atoms with Crippen LogP contribution in [0, 0.1) is 0 Å². The van der Waals surface area contributed by atoms with Gasteiger partial charge in [0.2, 0.25) is 0 Å². The van der Waals surface area contributed by atoms with Gasteiger partial charge in [0.1, 0.15) is 11.5 Å². The Labute approximate surface area is 130 Å². The molecule has 0 N–H and O–H groups in total. The second kappa shape index (κ2) is 5.36. The molecule has 0 amide bonds. The average molecular weight is 324 g/mol. The molecule has 0 fully saturated rings. The summed E-state index contributed by atoms with van der Waals surface area (Å²) < 4.78 is 45.5. The first kappa shape index (κ1) is 15.5. The molecule has 0 radical (unpaired) electrons. The van der Waals surface area contributed by atoms with Gasteiger partial charge in [-0.2, -0.15) is 23.4 Å². The molecular weight excluding hydrogens is 309 g/mol. The molecule has 0 saturated heterocycles. The summed E-state index contributed by atoms with van der Waals surface area (Å²) in [5.41, 5.74) is 1.33. The van der Waals surface area contributed by atoms with Gasteiger partial charge in [-0.05, 0) is 18.6 Å². The number of hydrogen-bond donors (Lipinski definition) is 0. The fraction of sp³-hybridized carbons (Fsp3) is 0.400. The SMILES string of the molecule is C=C(OCC)c1nncc2c1C(C)Cn1nc(C(F)(F)F)cc1-2. The van der Waals surface area contributed by atoms with Gasteiger partial charge in [0, 0.05) is 18.0 Å². The second-order valence-electron chi connectivity index (χ2n) is 5.37. The van der Waals surface area contributed by atoms with Gasteiger partial charge in [0.05, 0.1) is 18.5 Å². The third kappa shape index (κ3) is 2.58. The lowest BCUT2D eigenvalue weighted by atomic mass is 9.90. The van der Waals surface area contributed by atoms with Gasteiger partial charge in [0.15, 0.2) is 5.69 Å². The zero-order valence-electron chi connectivity index (χ0n) is 12.7. The standard InChI is InChI=1S/C15H15F3N4O/c1-4-23-9(3)14-13-8(2)7-22-11(10(13)6-19-20-14)5-12(21-22)15(16,17)18/h5-6,8H,3-4,7H2,1-2H3. The van der Waals surface area contributed by atoms with E-state index >= 15 is 0 Å². The molecule has 3 rings (SSSR count). The Morgan fingerprint density at radius 1 is 1.48 bits per heavy atom. The smallest absolute Gasteiger partial charge is 0.435 e. The molecule has 0 saturated carbocycles. The Kier molecular flexibility index (Phi) is 3.62. The van der Waals surface area contributed by atoms with Crippen LogP contribution in [0.1, 0.15) is 36.7 Å². The molecule has 23 heavy (non-hydrogen) atoms. The van der Waals surface area contributed by atoms with Crippen LogP contribution in [-0.4, -0.2) is 26.6 Å². The van der Waals surface area contributed by atoms with E-state index in [4.69, 9.17) is 4.74 Å². The molecule has 1 aliphatic heterocycles. The summed E-state index contributed by atoms with van der Waals surface area (Å²) in [5.74, 6) is 0.286. The van der Waals surface area contributed by atoms with E-state index < -0.39 is 11.9 Å². The largest absolute Gasteiger partial charge is 0.492 e. The molecule has 5 nitrogen and oxygen atoms in total. The molecule has 0 spiro atoms. The Morgan fingerprint density at radius 3 is 2.87 bits per heavy atom. The minimum atomic E-state index is -4.48. The van der Waals surface area contributed by atoms with E-state index in [9.17, 15) is 13.2 Å². The van der Waals surface area contributed by atoms with Crippen molar-refractivity contribution in [2.24, 2.45) is 0 Å². The van der Waals surface area contributed by atoms with Gasteiger partial charge in [-0.25, -0.2) is 0 Å². The van der Waals surface area contributed by atoms with Gasteiger partial charge < -0.3 is 4.74 Å². The first-order chi connectivity index (χ1) is 10.8. The molecule has 2 aromatic heterocycles. The van der Waals surface area contributed by atoms with Gasteiger partial charge in [0.25, 0.3) is 0 Å². The number of alkyl halides is 3. The number of nitrogens with zero attached hydrogens (tertiary/aromatic N) is 4. The molecule has 122 valence electrons. The maximum Gasteiger partial charge on any atom is 0.435 e. The number of aromatic nitrogens is 4. The minimum Gasteiger partial charge on any atom is -0.492 e. The fourth-order valence-electron chi connectivity index (χ4n) is 2.81. The van der Waals surface area contributed by atoms with Crippen molar-refractivity contribution in [2.75, 3.05) is 6.61 Å². The number of halogens is 3. The van der Waals surface area contributed by atoms with E-state index in [2.05, 4.69) is 21.9 Å². The summed E-state index contributed by atoms with van der Waals surface area (Å²) in [5, 5.41) is 11.6. The van der Waals surface area contributed by atoms with Gasteiger partial charge in [-0.3, -0.25) is 4.68 Å². The average Bonchev–Trinajstić information content (AvgIpc) is 2.91. The summed E-state index contributed by atoms with van der Waals surface area (Å²) >= 11 is 0. The summed E-state index contributed by atoms with van der Waals surface area (Å²) in [6.07, 6.45) is -3.02. The Hall–Kier alpha value is -2.38. The Bertz CT molecular complexity index is 767. The van der Waals surface area contributed by atoms with Crippen LogP contribution in [-0.2, 0) is 17.5 Å². The highest BCUT2D eigenvalue weighted by molar-refractivity contribution is 5.72. The van der Waals surface area contributed by atoms with Gasteiger partial charge >= 0.3 is 6.18 Å². The number of hydrogen-bond acceptors (Lipinski definition) is 4. The minimum absolute atomic E-state index is 0.0822. The molecule has 3 heterocycles. The van der Waals surface area contributed by atoms with Crippen molar-refractivity contribution in [3.05, 3.63) is 35.8 Å². The predicted molar refractivity (Wildman–Crippen MR) is 77.3 cm³/mol. The van der Waals surface area contributed by atoms with Crippen LogP contribution in [0.2, 0.25) is 0 Å². The van der Waals surface area contributed by atoms with Crippen molar-refractivity contribution in [1.29, 1.82) is 0 Å². The first-order valence-electron chi connectivity index (χ1n) is 7.16. The van der Waals surface area contributed by atoms with Crippen LogP contribution in [0.3, 0.4) is 0 Å². The Morgan fingerprint density at radius 2 is 2.22 bits per heavy atom. The van der Waals surface area contributed by atoms with Crippen molar-refractivity contribution in [3.8, 4) is 11.3 Å². The van der Waals surface area contributed by atoms with Crippen molar-refractivity contribution in [3.63, 3.8) is 0 Å². The highest BCUT2D eigenvalue weighted by atomic mass is 19.4. The van der Waals surface area contributed by atoms with Crippen LogP contribution in [0.5, 0.6) is 0 Å². The summed E-state index contributed by atoms with van der Waals surface area (Å²) in [6.45, 7) is 8.31. The van der Waals surface area contributed by atoms with Crippen LogP contribution >= 0.6 is 0 Å². The maximum absolute atomic E-state index is 12.9. The molecular formula is C15H15F3N4O. The Balaban J connectivity index is 2.16. The molecule has 1 atom stereocenters. The van der Waals surface area contributed by atoms with Gasteiger partial charge in [-0.1, -0.05) is 13.5 Å². The van der Waals surface area contributed by atoms with Crippen LogP contribution in [0.4, 0.5) is 13.2 Å². The molecule has 1 unspecified atom stereocenters. The molecule has 8 heteroatoms. The summed E-state index contributed by atoms with van der Waals surface area (Å²) in [7, 11) is 0. The number of fused-ring (bicyclic) bond motifs is 3. The topological polar surface area (TPSA) is 52.8 Å². The van der Waals surface area contributed by atoms with Gasteiger partial charge in [-0.15, -0.1) is 5.10 Å². The fourth-order valence-corrected chi connectivity index (χ4v) is 2.81. The van der Waals surface area contributed by atoms with Crippen molar-refractivity contribution >= 4 is 5.76 Å². The zero-order chi connectivity index (χ0) is 16.8. The van der Waals surface area contributed by atoms with E-state index in [0.29, 0.717) is 35.9 Å². The maximum atomic E-state index is 12.9. The third-order valence-electron chi connectivity index (χ3n) is 3.76. The van der Waals surface area contributed by atoms with Crippen LogP contribution < -0.4 is 0 Å². The quantitative estimate of drug-likeness (QED) is 0.811. The van der Waals surface area contributed by atoms with E-state index in [1.165, 1.54) is 10.9 Å². The van der Waals surface area contributed by atoms with Crippen molar-refractivity contribution in [1.82, 2.24) is 20.0 Å². The van der Waals surface area contributed by atoms with Crippen LogP contribution in [0.15, 0.2) is 18.8 Å². The third-order valence-corrected chi connectivity index (χ3v) is 3.76.